The number of fused-ring (bicyclic) bond motifs is 1. The summed E-state index contributed by atoms with van der Waals surface area (Å²) in [6.07, 6.45) is 1.61. The fraction of sp³-hybridized carbons (Fsp3) is 0.152. The molecule has 0 spiro atoms. The van der Waals surface area contributed by atoms with E-state index in [1.807, 2.05) is 12.1 Å². The lowest BCUT2D eigenvalue weighted by Gasteiger charge is -2.34. The van der Waals surface area contributed by atoms with E-state index < -0.39 is 10.0 Å². The third kappa shape index (κ3) is 6.33. The number of aromatic hydroxyl groups is 1. The molecule has 1 aromatic heterocycles. The first-order valence-electron chi connectivity index (χ1n) is 14.0. The second kappa shape index (κ2) is 12.2. The first kappa shape index (κ1) is 29.4. The molecule has 1 saturated heterocycles. The average Bonchev–Trinajstić information content (AvgIpc) is 3.34. The molecule has 6 rings (SSSR count). The Balaban J connectivity index is 1.18. The van der Waals surface area contributed by atoms with Crippen LogP contribution in [0.2, 0.25) is 5.02 Å². The lowest BCUT2D eigenvalue weighted by Crippen LogP contribution is -2.44. The van der Waals surface area contributed by atoms with Gasteiger partial charge in [0.05, 0.1) is 16.1 Å². The average molecular weight is 628 g/mol. The van der Waals surface area contributed by atoms with Gasteiger partial charge in [0.15, 0.2) is 11.7 Å². The Morgan fingerprint density at radius 2 is 1.66 bits per heavy atom. The molecule has 0 radical (unpaired) electrons. The van der Waals surface area contributed by atoms with Gasteiger partial charge in [-0.15, -0.1) is 0 Å². The van der Waals surface area contributed by atoms with E-state index in [1.165, 1.54) is 18.2 Å². The topological polar surface area (TPSA) is 118 Å². The number of carbonyl (C=O) groups excluding carboxylic acids is 1. The van der Waals surface area contributed by atoms with Crippen LogP contribution >= 0.6 is 11.6 Å². The first-order chi connectivity index (χ1) is 21.2. The summed E-state index contributed by atoms with van der Waals surface area (Å²) in [5, 5.41) is 11.6. The van der Waals surface area contributed by atoms with Crippen molar-refractivity contribution in [1.82, 2.24) is 9.88 Å². The van der Waals surface area contributed by atoms with Crippen LogP contribution in [-0.4, -0.2) is 68.6 Å². The highest BCUT2D eigenvalue weighted by atomic mass is 35.5. The smallest absolute Gasteiger partial charge is 0.261 e. The maximum Gasteiger partial charge on any atom is 0.261 e. The Kier molecular flexibility index (Phi) is 8.13. The molecule has 0 unspecified atom stereocenters. The number of H-pyrrole nitrogens is 1. The third-order valence-corrected chi connectivity index (χ3v) is 9.24. The van der Waals surface area contributed by atoms with Crippen molar-refractivity contribution in [2.45, 2.75) is 4.90 Å². The summed E-state index contributed by atoms with van der Waals surface area (Å²) in [7, 11) is -1.77. The molecule has 9 nitrogen and oxygen atoms in total. The number of aromatic nitrogens is 1. The molecule has 1 aliphatic heterocycles. The van der Waals surface area contributed by atoms with E-state index in [4.69, 9.17) is 11.6 Å². The van der Waals surface area contributed by atoms with Gasteiger partial charge in [-0.05, 0) is 67.7 Å². The summed E-state index contributed by atoms with van der Waals surface area (Å²) in [5.41, 5.74) is 3.91. The van der Waals surface area contributed by atoms with Crippen LogP contribution in [0.5, 0.6) is 5.88 Å². The van der Waals surface area contributed by atoms with Gasteiger partial charge in [0.1, 0.15) is 0 Å². The number of hydrogen-bond acceptors (Lipinski definition) is 7. The Morgan fingerprint density at radius 3 is 2.41 bits per heavy atom. The van der Waals surface area contributed by atoms with Gasteiger partial charge in [-0.1, -0.05) is 41.9 Å². The molecule has 224 valence electrons. The van der Waals surface area contributed by atoms with Gasteiger partial charge < -0.3 is 19.9 Å². The van der Waals surface area contributed by atoms with Crippen LogP contribution in [0.4, 0.5) is 17.1 Å². The molecule has 0 atom stereocenters. The minimum atomic E-state index is -3.90. The highest BCUT2D eigenvalue weighted by Crippen LogP contribution is 2.29. The van der Waals surface area contributed by atoms with Crippen molar-refractivity contribution >= 4 is 61.6 Å². The van der Waals surface area contributed by atoms with Crippen molar-refractivity contribution in [3.63, 3.8) is 0 Å². The zero-order chi connectivity index (χ0) is 30.8. The zero-order valence-electron chi connectivity index (χ0n) is 23.9. The van der Waals surface area contributed by atoms with Crippen molar-refractivity contribution in [2.75, 3.05) is 42.8 Å². The second-order valence-electron chi connectivity index (χ2n) is 10.7. The molecule has 3 N–H and O–H groups in total. The number of likely N-dealkylation sites (N-methyl/N-ethyl adjacent to an activating group) is 1. The molecule has 4 aromatic carbocycles. The Labute approximate surface area is 260 Å². The molecular weight excluding hydrogens is 598 g/mol. The molecule has 1 fully saturated rings. The number of rotatable bonds is 8. The lowest BCUT2D eigenvalue weighted by atomic mass is 10.0. The normalized spacial score (nSPS) is 14.4. The fourth-order valence-corrected chi connectivity index (χ4v) is 6.52. The quantitative estimate of drug-likeness (QED) is 0.142. The van der Waals surface area contributed by atoms with Gasteiger partial charge in [-0.2, -0.15) is 0 Å². The van der Waals surface area contributed by atoms with E-state index in [0.29, 0.717) is 32.6 Å². The second-order valence-corrected chi connectivity index (χ2v) is 12.8. The Morgan fingerprint density at radius 1 is 0.932 bits per heavy atom. The molecule has 44 heavy (non-hydrogen) atoms. The zero-order valence-corrected chi connectivity index (χ0v) is 25.4. The van der Waals surface area contributed by atoms with Crippen molar-refractivity contribution in [3.05, 3.63) is 113 Å². The van der Waals surface area contributed by atoms with Crippen LogP contribution in [0.3, 0.4) is 0 Å². The number of nitrogens with one attached hydrogen (secondary N) is 2. The molecule has 0 bridgehead atoms. The van der Waals surface area contributed by atoms with Crippen LogP contribution in [0, 0.1) is 0 Å². The van der Waals surface area contributed by atoms with Gasteiger partial charge >= 0.3 is 0 Å². The monoisotopic (exact) mass is 627 g/mol. The number of anilines is 2. The van der Waals surface area contributed by atoms with E-state index in [-0.39, 0.29) is 22.2 Å². The van der Waals surface area contributed by atoms with Gasteiger partial charge in [-0.3, -0.25) is 14.5 Å². The predicted molar refractivity (Wildman–Crippen MR) is 176 cm³/mol. The number of aliphatic imine (C=N–C) groups is 1. The molecule has 0 aliphatic carbocycles. The van der Waals surface area contributed by atoms with Crippen LogP contribution in [0.1, 0.15) is 21.5 Å². The van der Waals surface area contributed by atoms with Crippen molar-refractivity contribution < 1.29 is 18.3 Å². The third-order valence-electron chi connectivity index (χ3n) is 7.62. The predicted octanol–water partition coefficient (Wildman–Crippen LogP) is 6.06. The maximum atomic E-state index is 13.4. The van der Waals surface area contributed by atoms with Crippen molar-refractivity contribution in [3.8, 4) is 5.88 Å². The number of halogens is 1. The largest absolute Gasteiger partial charge is 0.494 e. The highest BCUT2D eigenvalue weighted by molar-refractivity contribution is 7.92. The minimum absolute atomic E-state index is 0.0146. The van der Waals surface area contributed by atoms with Gasteiger partial charge in [0.2, 0.25) is 0 Å². The molecule has 0 saturated carbocycles. The van der Waals surface area contributed by atoms with E-state index in [9.17, 15) is 18.3 Å². The summed E-state index contributed by atoms with van der Waals surface area (Å²) < 4.78 is 28.1. The Bertz CT molecular complexity index is 1980. The van der Waals surface area contributed by atoms with E-state index in [0.717, 1.165) is 37.6 Å². The maximum absolute atomic E-state index is 13.4. The number of carbonyl (C=O) groups is 1. The number of nitrogens with zero attached hydrogens (tertiary/aromatic N) is 3. The molecule has 5 aromatic rings. The summed E-state index contributed by atoms with van der Waals surface area (Å²) in [4.78, 5) is 25.6. The molecule has 11 heteroatoms. The summed E-state index contributed by atoms with van der Waals surface area (Å²) >= 11 is 5.96. The van der Waals surface area contributed by atoms with Gasteiger partial charge in [-0.25, -0.2) is 8.42 Å². The summed E-state index contributed by atoms with van der Waals surface area (Å²) in [6, 6.07) is 25.3. The number of aromatic amines is 1. The summed E-state index contributed by atoms with van der Waals surface area (Å²) in [5.74, 6) is -0.361. The lowest BCUT2D eigenvalue weighted by molar-refractivity contribution is 0.103. The van der Waals surface area contributed by atoms with Crippen LogP contribution in [0.25, 0.3) is 10.9 Å². The standard InChI is InChI=1S/C33H30ClN5O4S/c1-38-14-16-39(17-15-38)27-11-9-25(10-12-27)35-21-30-29-13-8-23(19-31(29)36-33(30)41)32(40)22-4-2-6-26(18-22)37-44(42,43)28-7-3-5-24(34)20-28/h2-13,18-21,36-37,41H,14-17H2,1H3. The summed E-state index contributed by atoms with van der Waals surface area (Å²) in [6.45, 7) is 4.04. The number of sulfonamides is 1. The van der Waals surface area contributed by atoms with E-state index >= 15 is 0 Å². The number of piperazine rings is 1. The minimum Gasteiger partial charge on any atom is -0.494 e. The fourth-order valence-electron chi connectivity index (χ4n) is 5.17. The van der Waals surface area contributed by atoms with Crippen LogP contribution in [0.15, 0.2) is 101 Å². The Hall–Kier alpha value is -4.64. The van der Waals surface area contributed by atoms with Gasteiger partial charge in [0, 0.05) is 70.8 Å². The number of ketones is 1. The molecule has 1 aliphatic rings. The van der Waals surface area contributed by atoms with E-state index in [1.54, 1.807) is 54.7 Å². The first-order valence-corrected chi connectivity index (χ1v) is 15.9. The molecule has 2 heterocycles. The van der Waals surface area contributed by atoms with Crippen LogP contribution < -0.4 is 9.62 Å². The van der Waals surface area contributed by atoms with Gasteiger partial charge in [0.25, 0.3) is 10.0 Å². The SMILES string of the molecule is CN1CCN(c2ccc(N=Cc3c(O)[nH]c4cc(C(=O)c5cccc(NS(=O)(=O)c6cccc(Cl)c6)c5)ccc34)cc2)CC1. The number of benzene rings is 4. The highest BCUT2D eigenvalue weighted by Gasteiger charge is 2.18. The number of hydrogen-bond donors (Lipinski definition) is 3. The van der Waals surface area contributed by atoms with Crippen molar-refractivity contribution in [2.24, 2.45) is 4.99 Å². The van der Waals surface area contributed by atoms with Crippen LogP contribution in [-0.2, 0) is 10.0 Å². The molecule has 0 amide bonds. The van der Waals surface area contributed by atoms with E-state index in [2.05, 4.69) is 43.7 Å². The molecular formula is C33H30ClN5O4S. The van der Waals surface area contributed by atoms with Crippen molar-refractivity contribution in [1.29, 1.82) is 0 Å².